The van der Waals surface area contributed by atoms with E-state index in [4.69, 9.17) is 4.74 Å². The van der Waals surface area contributed by atoms with E-state index in [9.17, 15) is 4.79 Å². The summed E-state index contributed by atoms with van der Waals surface area (Å²) in [6, 6.07) is 17.1. The number of hydrogen-bond acceptors (Lipinski definition) is 3. The van der Waals surface area contributed by atoms with Crippen molar-refractivity contribution < 1.29 is 9.53 Å². The topological polar surface area (TPSA) is 41.6 Å². The summed E-state index contributed by atoms with van der Waals surface area (Å²) in [5.41, 5.74) is 4.61. The molecule has 26 heavy (non-hydrogen) atoms. The summed E-state index contributed by atoms with van der Waals surface area (Å²) in [6.07, 6.45) is 0.686. The van der Waals surface area contributed by atoms with Crippen LogP contribution in [0.15, 0.2) is 48.5 Å². The minimum Gasteiger partial charge on any atom is -0.444 e. The molecule has 2 aromatic rings. The van der Waals surface area contributed by atoms with Gasteiger partial charge in [0.05, 0.1) is 0 Å². The minimum absolute atomic E-state index is 0.0104. The number of nitrogens with one attached hydrogen (secondary N) is 1. The standard InChI is InChI=1S/C22H28N2O2/c1-16(23-21(25)26-22(2,3)4)15-24-13-12-18-10-11-19(14-20(18)24)17-8-6-5-7-9-17/h5-11,14,16H,12-13,15H2,1-4H3,(H,23,25)/t16-/m0/s1. The molecule has 0 saturated heterocycles. The Morgan fingerprint density at radius 3 is 2.58 bits per heavy atom. The number of anilines is 1. The second kappa shape index (κ2) is 7.40. The molecule has 0 radical (unpaired) electrons. The molecule has 1 amide bonds. The highest BCUT2D eigenvalue weighted by molar-refractivity contribution is 5.72. The molecule has 0 saturated carbocycles. The number of hydrogen-bond donors (Lipinski definition) is 1. The van der Waals surface area contributed by atoms with Crippen molar-refractivity contribution in [3.05, 3.63) is 54.1 Å². The average Bonchev–Trinajstić information content (AvgIpc) is 2.96. The van der Waals surface area contributed by atoms with Crippen LogP contribution in [0.25, 0.3) is 11.1 Å². The fraction of sp³-hybridized carbons (Fsp3) is 0.409. The van der Waals surface area contributed by atoms with Gasteiger partial charge in [-0.25, -0.2) is 4.79 Å². The van der Waals surface area contributed by atoms with Gasteiger partial charge in [0.2, 0.25) is 0 Å². The van der Waals surface area contributed by atoms with Gasteiger partial charge in [-0.3, -0.25) is 0 Å². The summed E-state index contributed by atoms with van der Waals surface area (Å²) in [5.74, 6) is 0. The lowest BCUT2D eigenvalue weighted by molar-refractivity contribution is 0.0510. The Kier molecular flexibility index (Phi) is 5.21. The van der Waals surface area contributed by atoms with Crippen molar-refractivity contribution >= 4 is 11.8 Å². The third-order valence-electron chi connectivity index (χ3n) is 4.44. The zero-order valence-corrected chi connectivity index (χ0v) is 16.1. The molecule has 0 aromatic heterocycles. The van der Waals surface area contributed by atoms with E-state index >= 15 is 0 Å². The third kappa shape index (κ3) is 4.57. The summed E-state index contributed by atoms with van der Waals surface area (Å²) >= 11 is 0. The highest BCUT2D eigenvalue weighted by Gasteiger charge is 2.23. The number of ether oxygens (including phenoxy) is 1. The smallest absolute Gasteiger partial charge is 0.407 e. The molecule has 4 heteroatoms. The molecular formula is C22H28N2O2. The maximum absolute atomic E-state index is 12.0. The predicted molar refractivity (Wildman–Crippen MR) is 107 cm³/mol. The first kappa shape index (κ1) is 18.3. The lowest BCUT2D eigenvalue weighted by Crippen LogP contribution is -2.43. The largest absolute Gasteiger partial charge is 0.444 e. The van der Waals surface area contributed by atoms with Gasteiger partial charge in [-0.1, -0.05) is 42.5 Å². The quantitative estimate of drug-likeness (QED) is 0.872. The van der Waals surface area contributed by atoms with Gasteiger partial charge in [0.15, 0.2) is 0 Å². The minimum atomic E-state index is -0.478. The number of carbonyl (C=O) groups is 1. The van der Waals surface area contributed by atoms with Crippen LogP contribution in [0.2, 0.25) is 0 Å². The van der Waals surface area contributed by atoms with E-state index in [-0.39, 0.29) is 12.1 Å². The predicted octanol–water partition coefficient (Wildman–Crippen LogP) is 4.63. The van der Waals surface area contributed by atoms with Gasteiger partial charge in [0, 0.05) is 24.8 Å². The lowest BCUT2D eigenvalue weighted by atomic mass is 10.0. The number of nitrogens with zero attached hydrogens (tertiary/aromatic N) is 1. The molecular weight excluding hydrogens is 324 g/mol. The second-order valence-electron chi connectivity index (χ2n) is 7.95. The number of rotatable bonds is 4. The second-order valence-corrected chi connectivity index (χ2v) is 7.95. The van der Waals surface area contributed by atoms with Crippen LogP contribution in [0.5, 0.6) is 0 Å². The normalized spacial score (nSPS) is 14.7. The van der Waals surface area contributed by atoms with Gasteiger partial charge in [-0.2, -0.15) is 0 Å². The number of carbonyl (C=O) groups excluding carboxylic acids is 1. The van der Waals surface area contributed by atoms with Gasteiger partial charge >= 0.3 is 6.09 Å². The van der Waals surface area contributed by atoms with Crippen molar-refractivity contribution in [2.45, 2.75) is 45.8 Å². The fourth-order valence-corrected chi connectivity index (χ4v) is 3.33. The Morgan fingerprint density at radius 2 is 1.88 bits per heavy atom. The Balaban J connectivity index is 1.68. The highest BCUT2D eigenvalue weighted by Crippen LogP contribution is 2.32. The molecule has 1 aliphatic heterocycles. The van der Waals surface area contributed by atoms with Crippen LogP contribution in [0.1, 0.15) is 33.3 Å². The first-order valence-corrected chi connectivity index (χ1v) is 9.24. The average molecular weight is 352 g/mol. The van der Waals surface area contributed by atoms with E-state index in [0.29, 0.717) is 0 Å². The Labute approximate surface area is 156 Å². The molecule has 0 spiro atoms. The molecule has 3 rings (SSSR count). The SMILES string of the molecule is C[C@@H](CN1CCc2ccc(-c3ccccc3)cc21)NC(=O)OC(C)(C)C. The van der Waals surface area contributed by atoms with Crippen molar-refractivity contribution in [2.24, 2.45) is 0 Å². The molecule has 138 valence electrons. The van der Waals surface area contributed by atoms with Crippen molar-refractivity contribution in [1.29, 1.82) is 0 Å². The Bertz CT molecular complexity index is 765. The van der Waals surface area contributed by atoms with E-state index in [1.807, 2.05) is 33.8 Å². The van der Waals surface area contributed by atoms with Crippen molar-refractivity contribution in [1.82, 2.24) is 5.32 Å². The first-order valence-electron chi connectivity index (χ1n) is 9.24. The maximum Gasteiger partial charge on any atom is 0.407 e. The van der Waals surface area contributed by atoms with Crippen LogP contribution in [0, 0.1) is 0 Å². The van der Waals surface area contributed by atoms with Crippen LogP contribution in [0.3, 0.4) is 0 Å². The molecule has 0 fully saturated rings. The van der Waals surface area contributed by atoms with Crippen LogP contribution in [0.4, 0.5) is 10.5 Å². The molecule has 0 bridgehead atoms. The maximum atomic E-state index is 12.0. The van der Waals surface area contributed by atoms with Gasteiger partial charge in [0.25, 0.3) is 0 Å². The molecule has 4 nitrogen and oxygen atoms in total. The monoisotopic (exact) mass is 352 g/mol. The number of benzene rings is 2. The van der Waals surface area contributed by atoms with E-state index in [1.54, 1.807) is 0 Å². The van der Waals surface area contributed by atoms with Gasteiger partial charge in [-0.05, 0) is 56.9 Å². The summed E-state index contributed by atoms with van der Waals surface area (Å²) in [5, 5.41) is 2.94. The molecule has 1 N–H and O–H groups in total. The molecule has 1 aliphatic rings. The van der Waals surface area contributed by atoms with E-state index < -0.39 is 5.60 Å². The Morgan fingerprint density at radius 1 is 1.15 bits per heavy atom. The number of fused-ring (bicyclic) bond motifs is 1. The number of alkyl carbamates (subject to hydrolysis) is 1. The van der Waals surface area contributed by atoms with Crippen molar-refractivity contribution in [3.8, 4) is 11.1 Å². The van der Waals surface area contributed by atoms with E-state index in [1.165, 1.54) is 22.4 Å². The molecule has 2 aromatic carbocycles. The summed E-state index contributed by atoms with van der Waals surface area (Å²) in [4.78, 5) is 14.3. The summed E-state index contributed by atoms with van der Waals surface area (Å²) in [6.45, 7) is 9.39. The van der Waals surface area contributed by atoms with Crippen molar-refractivity contribution in [2.75, 3.05) is 18.0 Å². The number of amides is 1. The van der Waals surface area contributed by atoms with Gasteiger partial charge in [0.1, 0.15) is 5.60 Å². The third-order valence-corrected chi connectivity index (χ3v) is 4.44. The zero-order chi connectivity index (χ0) is 18.7. The zero-order valence-electron chi connectivity index (χ0n) is 16.1. The van der Waals surface area contributed by atoms with E-state index in [0.717, 1.165) is 19.5 Å². The van der Waals surface area contributed by atoms with Crippen LogP contribution in [-0.4, -0.2) is 30.8 Å². The molecule has 1 heterocycles. The highest BCUT2D eigenvalue weighted by atomic mass is 16.6. The summed E-state index contributed by atoms with van der Waals surface area (Å²) < 4.78 is 5.35. The van der Waals surface area contributed by atoms with E-state index in [2.05, 4.69) is 52.7 Å². The molecule has 0 aliphatic carbocycles. The molecule has 1 atom stereocenters. The Hall–Kier alpha value is -2.49. The van der Waals surface area contributed by atoms with Gasteiger partial charge < -0.3 is 15.0 Å². The first-order chi connectivity index (χ1) is 12.3. The van der Waals surface area contributed by atoms with Crippen LogP contribution < -0.4 is 10.2 Å². The van der Waals surface area contributed by atoms with Gasteiger partial charge in [-0.15, -0.1) is 0 Å². The summed E-state index contributed by atoms with van der Waals surface area (Å²) in [7, 11) is 0. The van der Waals surface area contributed by atoms with Crippen LogP contribution in [-0.2, 0) is 11.2 Å². The van der Waals surface area contributed by atoms with Crippen molar-refractivity contribution in [3.63, 3.8) is 0 Å². The fourth-order valence-electron chi connectivity index (χ4n) is 3.33. The molecule has 0 unspecified atom stereocenters. The van der Waals surface area contributed by atoms with Crippen LogP contribution >= 0.6 is 0 Å². The lowest BCUT2D eigenvalue weighted by Gasteiger charge is -2.26.